The monoisotopic (exact) mass is 320 g/mol. The molecule has 0 unspecified atom stereocenters. The van der Waals surface area contributed by atoms with E-state index in [1.54, 1.807) is 6.33 Å². The van der Waals surface area contributed by atoms with Crippen molar-refractivity contribution in [3.63, 3.8) is 0 Å². The number of piperazine rings is 1. The molecular weight excluding hydrogens is 300 g/mol. The average molecular weight is 320 g/mol. The van der Waals surface area contributed by atoms with Gasteiger partial charge in [0.15, 0.2) is 0 Å². The summed E-state index contributed by atoms with van der Waals surface area (Å²) in [5.74, 6) is 0.625. The van der Waals surface area contributed by atoms with Crippen molar-refractivity contribution in [3.8, 4) is 0 Å². The fourth-order valence-electron chi connectivity index (χ4n) is 2.62. The summed E-state index contributed by atoms with van der Waals surface area (Å²) in [6.07, 6.45) is 4.05. The minimum Gasteiger partial charge on any atom is -0.340 e. The zero-order valence-electron chi connectivity index (χ0n) is 12.8. The first kappa shape index (κ1) is 15.4. The van der Waals surface area contributed by atoms with Gasteiger partial charge in [-0.15, -0.1) is 0 Å². The third-order valence-corrected chi connectivity index (χ3v) is 3.96. The predicted molar refractivity (Wildman–Crippen MR) is 80.6 cm³/mol. The van der Waals surface area contributed by atoms with Crippen LogP contribution in [-0.2, 0) is 17.8 Å². The topological polar surface area (TPSA) is 116 Å². The number of carbonyl (C=O) groups excluding carboxylic acids is 1. The van der Waals surface area contributed by atoms with Gasteiger partial charge in [0.1, 0.15) is 18.5 Å². The SMILES string of the molecule is O=C(CCc1n[nH]c(=O)[nH]1)N1CCN(CCn2cncn2)CC1. The second-order valence-corrected chi connectivity index (χ2v) is 5.51. The van der Waals surface area contributed by atoms with E-state index in [0.717, 1.165) is 39.3 Å². The molecule has 10 heteroatoms. The van der Waals surface area contributed by atoms with E-state index < -0.39 is 0 Å². The highest BCUT2D eigenvalue weighted by molar-refractivity contribution is 5.76. The highest BCUT2D eigenvalue weighted by atomic mass is 16.2. The predicted octanol–water partition coefficient (Wildman–Crippen LogP) is -1.53. The molecule has 1 aliphatic heterocycles. The first-order valence-corrected chi connectivity index (χ1v) is 7.67. The number of hydrogen-bond donors (Lipinski definition) is 2. The van der Waals surface area contributed by atoms with Crippen molar-refractivity contribution in [2.75, 3.05) is 32.7 Å². The quantitative estimate of drug-likeness (QED) is 0.667. The molecule has 0 saturated carbocycles. The molecule has 1 fully saturated rings. The molecule has 1 aliphatic rings. The highest BCUT2D eigenvalue weighted by Crippen LogP contribution is 2.05. The lowest BCUT2D eigenvalue weighted by Crippen LogP contribution is -2.49. The molecule has 23 heavy (non-hydrogen) atoms. The van der Waals surface area contributed by atoms with Crippen LogP contribution in [0.5, 0.6) is 0 Å². The number of aromatic nitrogens is 6. The summed E-state index contributed by atoms with van der Waals surface area (Å²) in [6.45, 7) is 4.89. The Hall–Kier alpha value is -2.49. The Kier molecular flexibility index (Phi) is 4.81. The Bertz CT molecular complexity index is 668. The van der Waals surface area contributed by atoms with Crippen molar-refractivity contribution in [1.29, 1.82) is 0 Å². The molecule has 0 aliphatic carbocycles. The van der Waals surface area contributed by atoms with Gasteiger partial charge in [-0.2, -0.15) is 10.2 Å². The summed E-state index contributed by atoms with van der Waals surface area (Å²) < 4.78 is 1.81. The van der Waals surface area contributed by atoms with Gasteiger partial charge in [-0.05, 0) is 0 Å². The van der Waals surface area contributed by atoms with Crippen LogP contribution in [0.3, 0.4) is 0 Å². The number of rotatable bonds is 6. The van der Waals surface area contributed by atoms with Crippen LogP contribution in [0, 0.1) is 0 Å². The van der Waals surface area contributed by atoms with Crippen molar-refractivity contribution < 1.29 is 4.79 Å². The molecule has 2 aromatic heterocycles. The van der Waals surface area contributed by atoms with Crippen molar-refractivity contribution in [2.24, 2.45) is 0 Å². The molecule has 3 heterocycles. The first-order valence-electron chi connectivity index (χ1n) is 7.67. The fraction of sp³-hybridized carbons (Fsp3) is 0.615. The number of aryl methyl sites for hydroxylation is 1. The van der Waals surface area contributed by atoms with Crippen molar-refractivity contribution in [2.45, 2.75) is 19.4 Å². The van der Waals surface area contributed by atoms with Gasteiger partial charge < -0.3 is 4.90 Å². The third-order valence-electron chi connectivity index (χ3n) is 3.96. The number of amides is 1. The number of aromatic amines is 2. The lowest BCUT2D eigenvalue weighted by Gasteiger charge is -2.34. The van der Waals surface area contributed by atoms with Crippen molar-refractivity contribution >= 4 is 5.91 Å². The van der Waals surface area contributed by atoms with E-state index in [4.69, 9.17) is 0 Å². The molecule has 2 N–H and O–H groups in total. The van der Waals surface area contributed by atoms with Gasteiger partial charge in [0.2, 0.25) is 5.91 Å². The van der Waals surface area contributed by atoms with Crippen molar-refractivity contribution in [3.05, 3.63) is 29.0 Å². The summed E-state index contributed by atoms with van der Waals surface area (Å²) in [5, 5.41) is 10.2. The van der Waals surface area contributed by atoms with Crippen LogP contribution >= 0.6 is 0 Å². The van der Waals surface area contributed by atoms with Crippen molar-refractivity contribution in [1.82, 2.24) is 39.7 Å². The molecular formula is C13H20N8O2. The summed E-state index contributed by atoms with van der Waals surface area (Å²) in [4.78, 5) is 33.8. The van der Waals surface area contributed by atoms with Crippen LogP contribution in [0.15, 0.2) is 17.4 Å². The maximum absolute atomic E-state index is 12.2. The van der Waals surface area contributed by atoms with Crippen LogP contribution in [0.1, 0.15) is 12.2 Å². The van der Waals surface area contributed by atoms with E-state index in [0.29, 0.717) is 18.7 Å². The maximum Gasteiger partial charge on any atom is 0.340 e. The van der Waals surface area contributed by atoms with Gasteiger partial charge in [-0.3, -0.25) is 19.4 Å². The van der Waals surface area contributed by atoms with Crippen LogP contribution in [0.4, 0.5) is 0 Å². The van der Waals surface area contributed by atoms with Gasteiger partial charge in [0.25, 0.3) is 0 Å². The van der Waals surface area contributed by atoms with Crippen LogP contribution in [-0.4, -0.2) is 78.4 Å². The maximum atomic E-state index is 12.2. The molecule has 0 spiro atoms. The molecule has 124 valence electrons. The molecule has 0 aromatic carbocycles. The Morgan fingerprint density at radius 1 is 1.22 bits per heavy atom. The lowest BCUT2D eigenvalue weighted by molar-refractivity contribution is -0.132. The number of hydrogen-bond acceptors (Lipinski definition) is 6. The van der Waals surface area contributed by atoms with E-state index in [-0.39, 0.29) is 11.6 Å². The Morgan fingerprint density at radius 3 is 2.70 bits per heavy atom. The Morgan fingerprint density at radius 2 is 2.04 bits per heavy atom. The smallest absolute Gasteiger partial charge is 0.340 e. The summed E-state index contributed by atoms with van der Waals surface area (Å²) in [7, 11) is 0. The van der Waals surface area contributed by atoms with Gasteiger partial charge in [-0.25, -0.2) is 14.9 Å². The lowest BCUT2D eigenvalue weighted by atomic mass is 10.2. The van der Waals surface area contributed by atoms with Crippen LogP contribution in [0.25, 0.3) is 0 Å². The van der Waals surface area contributed by atoms with Crippen LogP contribution < -0.4 is 5.69 Å². The Balaban J connectivity index is 1.37. The molecule has 0 bridgehead atoms. The van der Waals surface area contributed by atoms with E-state index in [1.807, 2.05) is 9.58 Å². The second kappa shape index (κ2) is 7.18. The largest absolute Gasteiger partial charge is 0.340 e. The fourth-order valence-corrected chi connectivity index (χ4v) is 2.62. The number of carbonyl (C=O) groups is 1. The summed E-state index contributed by atoms with van der Waals surface area (Å²) >= 11 is 0. The van der Waals surface area contributed by atoms with E-state index >= 15 is 0 Å². The summed E-state index contributed by atoms with van der Waals surface area (Å²) in [5.41, 5.74) is -0.339. The van der Waals surface area contributed by atoms with Gasteiger partial charge >= 0.3 is 5.69 Å². The van der Waals surface area contributed by atoms with Gasteiger partial charge in [0, 0.05) is 45.6 Å². The minimum atomic E-state index is -0.339. The standard InChI is InChI=1S/C13H20N8O2/c22-12(2-1-11-16-13(23)18-17-11)20-6-3-19(4-7-20)5-8-21-10-14-9-15-21/h9-10H,1-8H2,(H2,16,17,18,23). The molecule has 0 atom stereocenters. The first-order chi connectivity index (χ1) is 11.2. The normalized spacial score (nSPS) is 15.9. The van der Waals surface area contributed by atoms with E-state index in [1.165, 1.54) is 6.33 Å². The highest BCUT2D eigenvalue weighted by Gasteiger charge is 2.20. The molecule has 0 radical (unpaired) electrons. The van der Waals surface area contributed by atoms with Crippen LogP contribution in [0.2, 0.25) is 0 Å². The molecule has 1 saturated heterocycles. The molecule has 2 aromatic rings. The molecule has 10 nitrogen and oxygen atoms in total. The van der Waals surface area contributed by atoms with Gasteiger partial charge in [0.05, 0.1) is 6.54 Å². The van der Waals surface area contributed by atoms with Gasteiger partial charge in [-0.1, -0.05) is 0 Å². The Labute approximate surface area is 132 Å². The number of nitrogens with zero attached hydrogens (tertiary/aromatic N) is 6. The third kappa shape index (κ3) is 4.25. The number of nitrogens with one attached hydrogen (secondary N) is 2. The zero-order chi connectivity index (χ0) is 16.1. The van der Waals surface area contributed by atoms with E-state index in [2.05, 4.69) is 30.2 Å². The second-order valence-electron chi connectivity index (χ2n) is 5.51. The summed E-state index contributed by atoms with van der Waals surface area (Å²) in [6, 6.07) is 0. The zero-order valence-corrected chi connectivity index (χ0v) is 12.8. The number of H-pyrrole nitrogens is 2. The minimum absolute atomic E-state index is 0.102. The molecule has 1 amide bonds. The average Bonchev–Trinajstić information content (AvgIpc) is 3.22. The van der Waals surface area contributed by atoms with E-state index in [9.17, 15) is 9.59 Å². The molecule has 3 rings (SSSR count).